The van der Waals surface area contributed by atoms with Gasteiger partial charge in [0.25, 0.3) is 5.91 Å². The maximum atomic E-state index is 12.0. The molecule has 0 aliphatic carbocycles. The number of nitrogens with one attached hydrogen (secondary N) is 1. The summed E-state index contributed by atoms with van der Waals surface area (Å²) in [4.78, 5) is 23.8. The van der Waals surface area contributed by atoms with Gasteiger partial charge < -0.3 is 19.5 Å². The van der Waals surface area contributed by atoms with Gasteiger partial charge in [-0.25, -0.2) is 4.79 Å². The third-order valence-electron chi connectivity index (χ3n) is 4.01. The molecule has 1 N–H and O–H groups in total. The Hall–Kier alpha value is -3.02. The number of carbonyl (C=O) groups excluding carboxylic acids is 2. The van der Waals surface area contributed by atoms with Gasteiger partial charge >= 0.3 is 5.97 Å². The molecule has 0 heterocycles. The van der Waals surface area contributed by atoms with Crippen LogP contribution in [0.3, 0.4) is 0 Å². The number of rotatable bonds is 7. The zero-order valence-electron chi connectivity index (χ0n) is 15.4. The van der Waals surface area contributed by atoms with Crippen LogP contribution in [0.1, 0.15) is 27.0 Å². The minimum Gasteiger partial charge on any atom is -0.496 e. The quantitative estimate of drug-likeness (QED) is 0.772. The fourth-order valence-corrected chi connectivity index (χ4v) is 2.34. The van der Waals surface area contributed by atoms with Crippen molar-refractivity contribution in [3.63, 3.8) is 0 Å². The summed E-state index contributed by atoms with van der Waals surface area (Å²) >= 11 is 0. The van der Waals surface area contributed by atoms with Crippen molar-refractivity contribution in [1.29, 1.82) is 0 Å². The minimum atomic E-state index is -0.492. The molecular formula is C20H23NO5. The minimum absolute atomic E-state index is 0.0808. The fraction of sp³-hybridized carbons (Fsp3) is 0.300. The fourth-order valence-electron chi connectivity index (χ4n) is 2.34. The number of esters is 1. The number of aryl methyl sites for hydroxylation is 2. The monoisotopic (exact) mass is 357 g/mol. The highest BCUT2D eigenvalue weighted by Gasteiger charge is 2.13. The van der Waals surface area contributed by atoms with Crippen LogP contribution in [-0.4, -0.2) is 32.7 Å². The van der Waals surface area contributed by atoms with Gasteiger partial charge in [-0.1, -0.05) is 12.1 Å². The Morgan fingerprint density at radius 1 is 1.00 bits per heavy atom. The van der Waals surface area contributed by atoms with E-state index < -0.39 is 5.97 Å². The largest absolute Gasteiger partial charge is 0.496 e. The Labute approximate surface area is 153 Å². The first kappa shape index (κ1) is 19.3. The lowest BCUT2D eigenvalue weighted by molar-refractivity contribution is -0.123. The van der Waals surface area contributed by atoms with Crippen LogP contribution in [0.25, 0.3) is 0 Å². The van der Waals surface area contributed by atoms with Crippen molar-refractivity contribution in [2.24, 2.45) is 0 Å². The van der Waals surface area contributed by atoms with E-state index in [4.69, 9.17) is 14.2 Å². The van der Waals surface area contributed by atoms with E-state index in [-0.39, 0.29) is 19.1 Å². The molecule has 6 nitrogen and oxygen atoms in total. The highest BCUT2D eigenvalue weighted by atomic mass is 16.5. The Bertz CT molecular complexity index is 801. The van der Waals surface area contributed by atoms with Gasteiger partial charge in [0.15, 0.2) is 6.61 Å². The van der Waals surface area contributed by atoms with Gasteiger partial charge in [-0.3, -0.25) is 4.79 Å². The van der Waals surface area contributed by atoms with Gasteiger partial charge in [-0.15, -0.1) is 0 Å². The third-order valence-corrected chi connectivity index (χ3v) is 4.01. The molecule has 0 fully saturated rings. The van der Waals surface area contributed by atoms with Crippen LogP contribution in [0.15, 0.2) is 36.4 Å². The van der Waals surface area contributed by atoms with E-state index in [9.17, 15) is 9.59 Å². The van der Waals surface area contributed by atoms with Crippen LogP contribution >= 0.6 is 0 Å². The first-order chi connectivity index (χ1) is 12.4. The second kappa shape index (κ2) is 8.89. The van der Waals surface area contributed by atoms with Crippen molar-refractivity contribution in [1.82, 2.24) is 5.32 Å². The standard InChI is InChI=1S/C20H23NO5/c1-13-5-7-16(9-14(13)2)26-12-19(22)21-11-15-6-8-18(24-3)17(10-15)20(23)25-4/h5-10H,11-12H2,1-4H3,(H,21,22). The zero-order chi connectivity index (χ0) is 19.1. The highest BCUT2D eigenvalue weighted by Crippen LogP contribution is 2.21. The van der Waals surface area contributed by atoms with Crippen molar-refractivity contribution in [2.45, 2.75) is 20.4 Å². The Morgan fingerprint density at radius 2 is 1.77 bits per heavy atom. The molecule has 0 bridgehead atoms. The summed E-state index contributed by atoms with van der Waals surface area (Å²) in [6, 6.07) is 10.8. The summed E-state index contributed by atoms with van der Waals surface area (Å²) in [5.74, 6) is 0.331. The van der Waals surface area contributed by atoms with Gasteiger partial charge in [0.05, 0.1) is 14.2 Å². The van der Waals surface area contributed by atoms with E-state index in [0.29, 0.717) is 17.1 Å². The van der Waals surface area contributed by atoms with Crippen molar-refractivity contribution in [3.8, 4) is 11.5 Å². The average Bonchev–Trinajstić information content (AvgIpc) is 2.66. The molecule has 0 spiro atoms. The highest BCUT2D eigenvalue weighted by molar-refractivity contribution is 5.92. The van der Waals surface area contributed by atoms with Crippen LogP contribution in [-0.2, 0) is 16.1 Å². The van der Waals surface area contributed by atoms with Crippen molar-refractivity contribution < 1.29 is 23.8 Å². The number of ether oxygens (including phenoxy) is 3. The summed E-state index contributed by atoms with van der Waals surface area (Å²) in [6.07, 6.45) is 0. The number of hydrogen-bond acceptors (Lipinski definition) is 5. The number of methoxy groups -OCH3 is 2. The lowest BCUT2D eigenvalue weighted by Crippen LogP contribution is -2.28. The predicted octanol–water partition coefficient (Wildman–Crippen LogP) is 2.79. The molecule has 0 aromatic heterocycles. The topological polar surface area (TPSA) is 73.9 Å². The molecule has 1 amide bonds. The van der Waals surface area contributed by atoms with Crippen LogP contribution in [0, 0.1) is 13.8 Å². The summed E-state index contributed by atoms with van der Waals surface area (Å²) in [6.45, 7) is 4.19. The van der Waals surface area contributed by atoms with E-state index in [1.54, 1.807) is 18.2 Å². The summed E-state index contributed by atoms with van der Waals surface area (Å²) < 4.78 is 15.4. The van der Waals surface area contributed by atoms with Crippen LogP contribution < -0.4 is 14.8 Å². The number of amides is 1. The Morgan fingerprint density at radius 3 is 2.42 bits per heavy atom. The van der Waals surface area contributed by atoms with E-state index in [2.05, 4.69) is 5.32 Å². The van der Waals surface area contributed by atoms with Crippen LogP contribution in [0.4, 0.5) is 0 Å². The first-order valence-electron chi connectivity index (χ1n) is 8.16. The molecule has 0 saturated carbocycles. The number of carbonyl (C=O) groups is 2. The van der Waals surface area contributed by atoms with Gasteiger partial charge in [-0.2, -0.15) is 0 Å². The van der Waals surface area contributed by atoms with Gasteiger partial charge in [0.2, 0.25) is 0 Å². The molecule has 0 atom stereocenters. The molecule has 0 radical (unpaired) electrons. The van der Waals surface area contributed by atoms with E-state index in [1.807, 2.05) is 32.0 Å². The molecule has 26 heavy (non-hydrogen) atoms. The number of hydrogen-bond donors (Lipinski definition) is 1. The second-order valence-electron chi connectivity index (χ2n) is 5.84. The van der Waals surface area contributed by atoms with E-state index in [1.165, 1.54) is 19.8 Å². The summed E-state index contributed by atoms with van der Waals surface area (Å²) in [7, 11) is 2.79. The van der Waals surface area contributed by atoms with Gasteiger partial charge in [-0.05, 0) is 54.8 Å². The molecule has 6 heteroatoms. The Balaban J connectivity index is 1.92. The SMILES string of the molecule is COC(=O)c1cc(CNC(=O)COc2ccc(C)c(C)c2)ccc1OC. The molecule has 2 rings (SSSR count). The smallest absolute Gasteiger partial charge is 0.341 e. The van der Waals surface area contributed by atoms with Crippen molar-refractivity contribution in [3.05, 3.63) is 58.7 Å². The molecule has 0 aliphatic rings. The lowest BCUT2D eigenvalue weighted by atomic mass is 10.1. The van der Waals surface area contributed by atoms with Crippen LogP contribution in [0.2, 0.25) is 0 Å². The Kier molecular flexibility index (Phi) is 6.60. The maximum Gasteiger partial charge on any atom is 0.341 e. The summed E-state index contributed by atoms with van der Waals surface area (Å²) in [5.41, 5.74) is 3.35. The van der Waals surface area contributed by atoms with E-state index in [0.717, 1.165) is 11.1 Å². The normalized spacial score (nSPS) is 10.2. The molecule has 0 saturated heterocycles. The average molecular weight is 357 g/mol. The van der Waals surface area contributed by atoms with Crippen LogP contribution in [0.5, 0.6) is 11.5 Å². The lowest BCUT2D eigenvalue weighted by Gasteiger charge is -2.11. The molecule has 2 aromatic rings. The molecule has 2 aromatic carbocycles. The molecule has 0 aliphatic heterocycles. The third kappa shape index (κ3) is 4.99. The molecule has 0 unspecified atom stereocenters. The van der Waals surface area contributed by atoms with Gasteiger partial charge in [0.1, 0.15) is 17.1 Å². The van der Waals surface area contributed by atoms with Crippen molar-refractivity contribution >= 4 is 11.9 Å². The van der Waals surface area contributed by atoms with E-state index >= 15 is 0 Å². The predicted molar refractivity (Wildman–Crippen MR) is 97.6 cm³/mol. The molecule has 138 valence electrons. The zero-order valence-corrected chi connectivity index (χ0v) is 15.4. The molecular weight excluding hydrogens is 334 g/mol. The summed E-state index contributed by atoms with van der Waals surface area (Å²) in [5, 5.41) is 2.76. The maximum absolute atomic E-state index is 12.0. The van der Waals surface area contributed by atoms with Crippen molar-refractivity contribution in [2.75, 3.05) is 20.8 Å². The first-order valence-corrected chi connectivity index (χ1v) is 8.16. The second-order valence-corrected chi connectivity index (χ2v) is 5.84. The number of benzene rings is 2. The van der Waals surface area contributed by atoms with Gasteiger partial charge in [0, 0.05) is 6.54 Å².